The van der Waals surface area contributed by atoms with Crippen LogP contribution in [0, 0.1) is 11.3 Å². The Balaban J connectivity index is 1.93. The van der Waals surface area contributed by atoms with E-state index in [1.54, 1.807) is 31.4 Å². The number of anilines is 1. The van der Waals surface area contributed by atoms with Crippen LogP contribution in [-0.4, -0.2) is 31.5 Å². The van der Waals surface area contributed by atoms with Crippen molar-refractivity contribution >= 4 is 11.6 Å². The van der Waals surface area contributed by atoms with Crippen molar-refractivity contribution in [3.8, 4) is 11.8 Å². The molecule has 0 aliphatic rings. The molecule has 2 aromatic carbocycles. The number of ether oxygens (including phenoxy) is 1. The van der Waals surface area contributed by atoms with E-state index >= 15 is 0 Å². The van der Waals surface area contributed by atoms with Gasteiger partial charge in [-0.1, -0.05) is 24.3 Å². The van der Waals surface area contributed by atoms with Gasteiger partial charge in [0.2, 0.25) is 5.91 Å². The molecule has 118 valence electrons. The Hall–Kier alpha value is -2.84. The third-order valence-corrected chi connectivity index (χ3v) is 3.32. The first kappa shape index (κ1) is 16.5. The molecule has 1 N–H and O–H groups in total. The number of carbonyl (C=O) groups is 1. The van der Waals surface area contributed by atoms with Gasteiger partial charge in [-0.05, 0) is 36.9 Å². The van der Waals surface area contributed by atoms with Crippen LogP contribution >= 0.6 is 0 Å². The minimum absolute atomic E-state index is 0.155. The highest BCUT2D eigenvalue weighted by Gasteiger charge is 2.10. The van der Waals surface area contributed by atoms with Crippen molar-refractivity contribution in [1.29, 1.82) is 5.26 Å². The van der Waals surface area contributed by atoms with Gasteiger partial charge in [-0.15, -0.1) is 0 Å². The summed E-state index contributed by atoms with van der Waals surface area (Å²) in [4.78, 5) is 14.0. The quantitative estimate of drug-likeness (QED) is 0.891. The normalized spacial score (nSPS) is 10.2. The number of para-hydroxylation sites is 1. The Kier molecular flexibility index (Phi) is 5.73. The van der Waals surface area contributed by atoms with Crippen LogP contribution in [0.1, 0.15) is 11.1 Å². The van der Waals surface area contributed by atoms with Crippen LogP contribution in [-0.2, 0) is 11.3 Å². The fourth-order valence-corrected chi connectivity index (χ4v) is 2.26. The van der Waals surface area contributed by atoms with E-state index in [1.807, 2.05) is 36.2 Å². The second-order valence-electron chi connectivity index (χ2n) is 5.23. The Bertz CT molecular complexity index is 722. The third-order valence-electron chi connectivity index (χ3n) is 3.32. The monoisotopic (exact) mass is 309 g/mol. The SMILES string of the molecule is COc1cccc(CN(C)CC(=O)Nc2ccccc2C#N)c1. The molecule has 0 aliphatic carbocycles. The lowest BCUT2D eigenvalue weighted by molar-refractivity contribution is -0.117. The summed E-state index contributed by atoms with van der Waals surface area (Å²) in [5.74, 6) is 0.640. The van der Waals surface area contributed by atoms with E-state index in [4.69, 9.17) is 10.00 Å². The standard InChI is InChI=1S/C18H19N3O2/c1-21(12-14-6-5-8-16(10-14)23-2)13-18(22)20-17-9-4-3-7-15(17)11-19/h3-10H,12-13H2,1-2H3,(H,20,22). The van der Waals surface area contributed by atoms with E-state index in [9.17, 15) is 4.79 Å². The van der Waals surface area contributed by atoms with Crippen LogP contribution in [0.2, 0.25) is 0 Å². The zero-order valence-electron chi connectivity index (χ0n) is 13.2. The van der Waals surface area contributed by atoms with Crippen LogP contribution in [0.3, 0.4) is 0 Å². The lowest BCUT2D eigenvalue weighted by Crippen LogP contribution is -2.30. The molecule has 0 saturated heterocycles. The van der Waals surface area contributed by atoms with Crippen molar-refractivity contribution < 1.29 is 9.53 Å². The predicted octanol–water partition coefficient (Wildman–Crippen LogP) is 2.64. The molecule has 0 bridgehead atoms. The molecular weight excluding hydrogens is 290 g/mol. The molecule has 5 nitrogen and oxygen atoms in total. The largest absolute Gasteiger partial charge is 0.497 e. The Morgan fingerprint density at radius 3 is 2.78 bits per heavy atom. The van der Waals surface area contributed by atoms with Gasteiger partial charge in [-0.25, -0.2) is 0 Å². The molecule has 0 unspecified atom stereocenters. The van der Waals surface area contributed by atoms with Gasteiger partial charge in [0.15, 0.2) is 0 Å². The van der Waals surface area contributed by atoms with Gasteiger partial charge < -0.3 is 10.1 Å². The van der Waals surface area contributed by atoms with Crippen LogP contribution in [0.5, 0.6) is 5.75 Å². The first-order chi connectivity index (χ1) is 11.1. The highest BCUT2D eigenvalue weighted by Crippen LogP contribution is 2.15. The van der Waals surface area contributed by atoms with E-state index in [-0.39, 0.29) is 12.5 Å². The summed E-state index contributed by atoms with van der Waals surface area (Å²) in [5, 5.41) is 11.8. The highest BCUT2D eigenvalue weighted by atomic mass is 16.5. The Morgan fingerprint density at radius 1 is 1.26 bits per heavy atom. The zero-order valence-corrected chi connectivity index (χ0v) is 13.2. The molecule has 2 rings (SSSR count). The summed E-state index contributed by atoms with van der Waals surface area (Å²) >= 11 is 0. The molecule has 0 radical (unpaired) electrons. The number of amides is 1. The van der Waals surface area contributed by atoms with Crippen LogP contribution in [0.25, 0.3) is 0 Å². The number of hydrogen-bond donors (Lipinski definition) is 1. The minimum Gasteiger partial charge on any atom is -0.497 e. The smallest absolute Gasteiger partial charge is 0.238 e. The zero-order chi connectivity index (χ0) is 16.7. The average Bonchev–Trinajstić information content (AvgIpc) is 2.55. The second-order valence-corrected chi connectivity index (χ2v) is 5.23. The summed E-state index contributed by atoms with van der Waals surface area (Å²) in [6.07, 6.45) is 0. The van der Waals surface area contributed by atoms with Crippen molar-refractivity contribution in [3.63, 3.8) is 0 Å². The summed E-state index contributed by atoms with van der Waals surface area (Å²) in [7, 11) is 3.50. The summed E-state index contributed by atoms with van der Waals surface area (Å²) < 4.78 is 5.19. The topological polar surface area (TPSA) is 65.4 Å². The van der Waals surface area contributed by atoms with Crippen molar-refractivity contribution in [2.45, 2.75) is 6.54 Å². The van der Waals surface area contributed by atoms with E-state index < -0.39 is 0 Å². The summed E-state index contributed by atoms with van der Waals surface area (Å²) in [6.45, 7) is 0.863. The van der Waals surface area contributed by atoms with Gasteiger partial charge in [-0.3, -0.25) is 9.69 Å². The number of likely N-dealkylation sites (N-methyl/N-ethyl adjacent to an activating group) is 1. The lowest BCUT2D eigenvalue weighted by Gasteiger charge is -2.17. The molecule has 0 aromatic heterocycles. The van der Waals surface area contributed by atoms with Crippen LogP contribution in [0.4, 0.5) is 5.69 Å². The van der Waals surface area contributed by atoms with Gasteiger partial charge >= 0.3 is 0 Å². The molecular formula is C18H19N3O2. The number of benzene rings is 2. The van der Waals surface area contributed by atoms with E-state index in [2.05, 4.69) is 11.4 Å². The number of nitrogens with zero attached hydrogens (tertiary/aromatic N) is 2. The fourth-order valence-electron chi connectivity index (χ4n) is 2.26. The van der Waals surface area contributed by atoms with E-state index in [0.717, 1.165) is 11.3 Å². The second kappa shape index (κ2) is 7.97. The maximum atomic E-state index is 12.1. The number of hydrogen-bond acceptors (Lipinski definition) is 4. The number of methoxy groups -OCH3 is 1. The molecule has 23 heavy (non-hydrogen) atoms. The van der Waals surface area contributed by atoms with Gasteiger partial charge in [0, 0.05) is 6.54 Å². The maximum Gasteiger partial charge on any atom is 0.238 e. The van der Waals surface area contributed by atoms with Gasteiger partial charge in [-0.2, -0.15) is 5.26 Å². The molecule has 2 aromatic rings. The van der Waals surface area contributed by atoms with Crippen LogP contribution < -0.4 is 10.1 Å². The van der Waals surface area contributed by atoms with Gasteiger partial charge in [0.1, 0.15) is 11.8 Å². The average molecular weight is 309 g/mol. The minimum atomic E-state index is -0.155. The van der Waals surface area contributed by atoms with Gasteiger partial charge in [0.05, 0.1) is 24.9 Å². The molecule has 0 heterocycles. The molecule has 0 saturated carbocycles. The van der Waals surface area contributed by atoms with Crippen molar-refractivity contribution in [1.82, 2.24) is 4.90 Å². The number of carbonyl (C=O) groups excluding carboxylic acids is 1. The van der Waals surface area contributed by atoms with Crippen molar-refractivity contribution in [2.24, 2.45) is 0 Å². The number of nitriles is 1. The predicted molar refractivity (Wildman–Crippen MR) is 89.1 cm³/mol. The van der Waals surface area contributed by atoms with E-state index in [1.165, 1.54) is 0 Å². The molecule has 1 amide bonds. The molecule has 5 heteroatoms. The highest BCUT2D eigenvalue weighted by molar-refractivity contribution is 5.93. The molecule has 0 atom stereocenters. The molecule has 0 aliphatic heterocycles. The number of rotatable bonds is 6. The van der Waals surface area contributed by atoms with Gasteiger partial charge in [0.25, 0.3) is 0 Å². The Morgan fingerprint density at radius 2 is 2.04 bits per heavy atom. The maximum absolute atomic E-state index is 12.1. The first-order valence-corrected chi connectivity index (χ1v) is 7.23. The summed E-state index contributed by atoms with van der Waals surface area (Å²) in [5.41, 5.74) is 2.06. The van der Waals surface area contributed by atoms with Crippen molar-refractivity contribution in [2.75, 3.05) is 26.0 Å². The molecule has 0 spiro atoms. The van der Waals surface area contributed by atoms with Crippen molar-refractivity contribution in [3.05, 3.63) is 59.7 Å². The van der Waals surface area contributed by atoms with Crippen LogP contribution in [0.15, 0.2) is 48.5 Å². The van der Waals surface area contributed by atoms with E-state index in [0.29, 0.717) is 17.8 Å². The lowest BCUT2D eigenvalue weighted by atomic mass is 10.2. The summed E-state index contributed by atoms with van der Waals surface area (Å²) in [6, 6.07) is 16.8. The first-order valence-electron chi connectivity index (χ1n) is 7.23. The fraction of sp³-hybridized carbons (Fsp3) is 0.222. The third kappa shape index (κ3) is 4.83. The number of nitrogens with one attached hydrogen (secondary N) is 1. The Labute approximate surface area is 136 Å². The molecule has 0 fully saturated rings.